The van der Waals surface area contributed by atoms with Gasteiger partial charge in [-0.3, -0.25) is 0 Å². The molecule has 0 saturated heterocycles. The average molecular weight is 183 g/mol. The lowest BCUT2D eigenvalue weighted by Gasteiger charge is -2.11. The number of nitrogens with one attached hydrogen (secondary N) is 2. The molecule has 0 aromatic rings. The summed E-state index contributed by atoms with van der Waals surface area (Å²) in [5.74, 6) is 0. The number of rotatable bonds is 2. The van der Waals surface area contributed by atoms with E-state index < -0.39 is 0 Å². The van der Waals surface area contributed by atoms with Crippen molar-refractivity contribution < 1.29 is 4.79 Å². The van der Waals surface area contributed by atoms with Gasteiger partial charge in [-0.2, -0.15) is 5.10 Å². The molecule has 74 valence electrons. The van der Waals surface area contributed by atoms with E-state index in [2.05, 4.69) is 15.8 Å². The van der Waals surface area contributed by atoms with Crippen LogP contribution in [0.5, 0.6) is 0 Å². The number of nitrogens with zero attached hydrogens (tertiary/aromatic N) is 1. The number of amides is 2. The van der Waals surface area contributed by atoms with Gasteiger partial charge in [0.05, 0.1) is 0 Å². The van der Waals surface area contributed by atoms with E-state index in [1.165, 1.54) is 19.3 Å². The first-order chi connectivity index (χ1) is 6.33. The lowest BCUT2D eigenvalue weighted by atomic mass is 9.99. The molecule has 1 aliphatic rings. The summed E-state index contributed by atoms with van der Waals surface area (Å²) in [5, 5.41) is 6.68. The largest absolute Gasteiger partial charge is 0.337 e. The van der Waals surface area contributed by atoms with Gasteiger partial charge >= 0.3 is 6.03 Å². The Balaban J connectivity index is 2.25. The Labute approximate surface area is 78.8 Å². The van der Waals surface area contributed by atoms with E-state index in [0.717, 1.165) is 18.6 Å². The molecule has 0 atom stereocenters. The molecule has 1 aliphatic carbocycles. The van der Waals surface area contributed by atoms with Crippen LogP contribution in [0, 0.1) is 0 Å². The lowest BCUT2D eigenvalue weighted by Crippen LogP contribution is -2.32. The molecular formula is C9H17N3O. The molecule has 0 radical (unpaired) electrons. The van der Waals surface area contributed by atoms with Crippen LogP contribution in [0.3, 0.4) is 0 Å². The summed E-state index contributed by atoms with van der Waals surface area (Å²) < 4.78 is 0. The fourth-order valence-corrected chi connectivity index (χ4v) is 1.40. The van der Waals surface area contributed by atoms with Crippen molar-refractivity contribution in [2.45, 2.75) is 39.0 Å². The number of hydrazone groups is 1. The second-order valence-corrected chi connectivity index (χ2v) is 3.21. The second kappa shape index (κ2) is 5.56. The zero-order valence-electron chi connectivity index (χ0n) is 8.10. The molecule has 0 aromatic carbocycles. The number of carbonyl (C=O) groups is 1. The van der Waals surface area contributed by atoms with E-state index in [1.807, 2.05) is 6.92 Å². The van der Waals surface area contributed by atoms with Gasteiger partial charge in [0, 0.05) is 12.3 Å². The van der Waals surface area contributed by atoms with E-state index in [0.29, 0.717) is 6.54 Å². The maximum absolute atomic E-state index is 11.0. The highest BCUT2D eigenvalue weighted by Crippen LogP contribution is 2.13. The SMILES string of the molecule is CCNC(=O)NN=C1CCCCC1. The predicted molar refractivity (Wildman–Crippen MR) is 52.7 cm³/mol. The minimum absolute atomic E-state index is 0.208. The Morgan fingerprint density at radius 2 is 2.08 bits per heavy atom. The number of hydrogen-bond acceptors (Lipinski definition) is 2. The highest BCUT2D eigenvalue weighted by molar-refractivity contribution is 5.86. The molecule has 2 amide bonds. The van der Waals surface area contributed by atoms with Gasteiger partial charge in [-0.05, 0) is 32.6 Å². The van der Waals surface area contributed by atoms with Crippen molar-refractivity contribution in [3.8, 4) is 0 Å². The fraction of sp³-hybridized carbons (Fsp3) is 0.778. The first kappa shape index (κ1) is 10.0. The maximum atomic E-state index is 11.0. The highest BCUT2D eigenvalue weighted by atomic mass is 16.2. The quantitative estimate of drug-likeness (QED) is 0.628. The van der Waals surface area contributed by atoms with Crippen molar-refractivity contribution in [3.05, 3.63) is 0 Å². The van der Waals surface area contributed by atoms with E-state index in [-0.39, 0.29) is 6.03 Å². The topological polar surface area (TPSA) is 53.5 Å². The Morgan fingerprint density at radius 1 is 1.38 bits per heavy atom. The van der Waals surface area contributed by atoms with Gasteiger partial charge in [0.15, 0.2) is 0 Å². The van der Waals surface area contributed by atoms with E-state index in [4.69, 9.17) is 0 Å². The summed E-state index contributed by atoms with van der Waals surface area (Å²) in [6.07, 6.45) is 5.77. The Kier molecular flexibility index (Phi) is 4.29. The molecule has 0 heterocycles. The third kappa shape index (κ3) is 3.92. The maximum Gasteiger partial charge on any atom is 0.335 e. The number of hydrogen-bond donors (Lipinski definition) is 2. The number of carbonyl (C=O) groups excluding carboxylic acids is 1. The predicted octanol–water partition coefficient (Wildman–Crippen LogP) is 1.63. The third-order valence-corrected chi connectivity index (χ3v) is 2.08. The second-order valence-electron chi connectivity index (χ2n) is 3.21. The van der Waals surface area contributed by atoms with E-state index >= 15 is 0 Å². The van der Waals surface area contributed by atoms with Gasteiger partial charge in [-0.25, -0.2) is 10.2 Å². The Bertz CT molecular complexity index is 193. The molecule has 0 spiro atoms. The minimum atomic E-state index is -0.208. The monoisotopic (exact) mass is 183 g/mol. The molecule has 1 saturated carbocycles. The summed E-state index contributed by atoms with van der Waals surface area (Å²) in [6.45, 7) is 2.52. The van der Waals surface area contributed by atoms with E-state index in [1.54, 1.807) is 0 Å². The summed E-state index contributed by atoms with van der Waals surface area (Å²) in [6, 6.07) is -0.208. The first-order valence-electron chi connectivity index (χ1n) is 4.92. The zero-order valence-corrected chi connectivity index (χ0v) is 8.10. The van der Waals surface area contributed by atoms with Crippen LogP contribution in [-0.4, -0.2) is 18.3 Å². The van der Waals surface area contributed by atoms with Crippen molar-refractivity contribution in [1.82, 2.24) is 10.7 Å². The minimum Gasteiger partial charge on any atom is -0.337 e. The third-order valence-electron chi connectivity index (χ3n) is 2.08. The van der Waals surface area contributed by atoms with Gasteiger partial charge in [0.1, 0.15) is 0 Å². The van der Waals surface area contributed by atoms with Crippen LogP contribution in [0.1, 0.15) is 39.0 Å². The van der Waals surface area contributed by atoms with Crippen LogP contribution in [0.2, 0.25) is 0 Å². The fourth-order valence-electron chi connectivity index (χ4n) is 1.40. The summed E-state index contributed by atoms with van der Waals surface area (Å²) in [5.41, 5.74) is 3.61. The van der Waals surface area contributed by atoms with E-state index in [9.17, 15) is 4.79 Å². The Morgan fingerprint density at radius 3 is 2.69 bits per heavy atom. The Hall–Kier alpha value is -1.06. The lowest BCUT2D eigenvalue weighted by molar-refractivity contribution is 0.242. The van der Waals surface area contributed by atoms with Gasteiger partial charge in [-0.15, -0.1) is 0 Å². The summed E-state index contributed by atoms with van der Waals surface area (Å²) in [4.78, 5) is 11.0. The molecular weight excluding hydrogens is 166 g/mol. The molecule has 2 N–H and O–H groups in total. The molecule has 4 heteroatoms. The smallest absolute Gasteiger partial charge is 0.335 e. The van der Waals surface area contributed by atoms with Crippen LogP contribution in [0.4, 0.5) is 4.79 Å². The van der Waals surface area contributed by atoms with Crippen LogP contribution in [0.25, 0.3) is 0 Å². The molecule has 0 aromatic heterocycles. The molecule has 1 fully saturated rings. The molecule has 13 heavy (non-hydrogen) atoms. The van der Waals surface area contributed by atoms with Gasteiger partial charge in [0.2, 0.25) is 0 Å². The molecule has 0 aliphatic heterocycles. The van der Waals surface area contributed by atoms with Crippen LogP contribution < -0.4 is 10.7 Å². The van der Waals surface area contributed by atoms with Crippen molar-refractivity contribution in [3.63, 3.8) is 0 Å². The molecule has 1 rings (SSSR count). The average Bonchev–Trinajstić information content (AvgIpc) is 2.17. The van der Waals surface area contributed by atoms with Gasteiger partial charge in [0.25, 0.3) is 0 Å². The molecule has 4 nitrogen and oxygen atoms in total. The van der Waals surface area contributed by atoms with Crippen molar-refractivity contribution in [1.29, 1.82) is 0 Å². The van der Waals surface area contributed by atoms with Gasteiger partial charge in [-0.1, -0.05) is 6.42 Å². The standard InChI is InChI=1S/C9H17N3O/c1-2-10-9(13)12-11-8-6-4-3-5-7-8/h2-7H2,1H3,(H2,10,12,13). The van der Waals surface area contributed by atoms with Crippen LogP contribution in [-0.2, 0) is 0 Å². The van der Waals surface area contributed by atoms with Crippen molar-refractivity contribution >= 4 is 11.7 Å². The van der Waals surface area contributed by atoms with Crippen LogP contribution in [0.15, 0.2) is 5.10 Å². The van der Waals surface area contributed by atoms with Crippen LogP contribution >= 0.6 is 0 Å². The number of urea groups is 1. The normalized spacial score (nSPS) is 16.5. The first-order valence-corrected chi connectivity index (χ1v) is 4.92. The highest BCUT2D eigenvalue weighted by Gasteiger charge is 2.06. The zero-order chi connectivity index (χ0) is 9.52. The summed E-state index contributed by atoms with van der Waals surface area (Å²) in [7, 11) is 0. The van der Waals surface area contributed by atoms with Gasteiger partial charge < -0.3 is 5.32 Å². The van der Waals surface area contributed by atoms with Crippen molar-refractivity contribution in [2.75, 3.05) is 6.54 Å². The van der Waals surface area contributed by atoms with Crippen molar-refractivity contribution in [2.24, 2.45) is 5.10 Å². The molecule has 0 unspecified atom stereocenters. The summed E-state index contributed by atoms with van der Waals surface area (Å²) >= 11 is 0. The molecule has 0 bridgehead atoms.